The van der Waals surface area contributed by atoms with Gasteiger partial charge in [0, 0.05) is 0 Å². The molecule has 1 aromatic heterocycles. The zero-order valence-corrected chi connectivity index (χ0v) is 8.40. The van der Waals surface area contributed by atoms with Gasteiger partial charge >= 0.3 is 7.60 Å². The smallest absolute Gasteiger partial charge is 0.354 e. The van der Waals surface area contributed by atoms with Crippen LogP contribution in [0.15, 0.2) is 6.33 Å². The summed E-state index contributed by atoms with van der Waals surface area (Å²) in [6.07, 6.45) is 1.03. The lowest BCUT2D eigenvalue weighted by atomic mass is 10.1. The minimum atomic E-state index is -3.66. The Morgan fingerprint density at radius 2 is 2.57 bits per heavy atom. The quantitative estimate of drug-likeness (QED) is 0.655. The van der Waals surface area contributed by atoms with E-state index in [1.807, 2.05) is 0 Å². The molecule has 1 aliphatic heterocycles. The molecule has 1 saturated heterocycles. The fraction of sp³-hybridized carbons (Fsp3) is 0.667. The van der Waals surface area contributed by atoms with Gasteiger partial charge in [0.25, 0.3) is 0 Å². The topological polar surface area (TPSA) is 97.3 Å². The van der Waals surface area contributed by atoms with Crippen molar-refractivity contribution in [1.82, 2.24) is 15.2 Å². The number of hydrogen-bond donors (Lipinski definition) is 2. The molecule has 2 unspecified atom stereocenters. The van der Waals surface area contributed by atoms with Crippen molar-refractivity contribution in [2.45, 2.75) is 12.5 Å². The third kappa shape index (κ3) is 1.72. The Hall–Kier alpha value is -0.750. The Labute approximate surface area is 80.0 Å². The molecule has 2 atom stereocenters. The highest BCUT2D eigenvalue weighted by molar-refractivity contribution is 7.52. The summed E-state index contributed by atoms with van der Waals surface area (Å²) in [6, 6.07) is 0. The van der Waals surface area contributed by atoms with Crippen molar-refractivity contribution in [2.24, 2.45) is 0 Å². The summed E-state index contributed by atoms with van der Waals surface area (Å²) in [7, 11) is -3.66. The molecule has 8 heteroatoms. The van der Waals surface area contributed by atoms with Gasteiger partial charge in [-0.15, -0.1) is 0 Å². The van der Waals surface area contributed by atoms with E-state index in [1.165, 1.54) is 6.33 Å². The van der Waals surface area contributed by atoms with Crippen molar-refractivity contribution in [2.75, 3.05) is 13.0 Å². The van der Waals surface area contributed by atoms with Crippen LogP contribution in [0.4, 0.5) is 0 Å². The van der Waals surface area contributed by atoms with Gasteiger partial charge in [0.15, 0.2) is 11.4 Å². The largest absolute Gasteiger partial charge is 0.365 e. The van der Waals surface area contributed by atoms with Crippen molar-refractivity contribution in [3.63, 3.8) is 0 Å². The van der Waals surface area contributed by atoms with Gasteiger partial charge in [0.05, 0.1) is 6.61 Å². The molecule has 1 aliphatic rings. The van der Waals surface area contributed by atoms with Crippen LogP contribution in [0.25, 0.3) is 0 Å². The summed E-state index contributed by atoms with van der Waals surface area (Å²) in [4.78, 5) is 13.1. The lowest BCUT2D eigenvalue weighted by molar-refractivity contribution is -0.0561. The molecule has 2 N–H and O–H groups in total. The molecule has 0 spiro atoms. The van der Waals surface area contributed by atoms with Gasteiger partial charge in [0.1, 0.15) is 12.7 Å². The second-order valence-corrected chi connectivity index (χ2v) is 4.99. The summed E-state index contributed by atoms with van der Waals surface area (Å²) in [5.41, 5.74) is -1.03. The van der Waals surface area contributed by atoms with Gasteiger partial charge in [-0.2, -0.15) is 5.10 Å². The summed E-state index contributed by atoms with van der Waals surface area (Å²) in [6.45, 7) is 1.79. The Balaban J connectivity index is 2.28. The third-order valence-electron chi connectivity index (χ3n) is 1.89. The Bertz CT molecular complexity index is 367. The van der Waals surface area contributed by atoms with Gasteiger partial charge in [0.2, 0.25) is 0 Å². The van der Waals surface area contributed by atoms with E-state index in [9.17, 15) is 9.46 Å². The standard InChI is InChI=1S/C6H10N3O4P/c1-6(5-7-3-8-9-5)2-12-4-14(10,11)13-6/h3H,2,4H2,1H3,(H,10,11)(H,7,8,9). The number of hydrogen-bond acceptors (Lipinski definition) is 5. The van der Waals surface area contributed by atoms with E-state index in [2.05, 4.69) is 15.2 Å². The van der Waals surface area contributed by atoms with Gasteiger partial charge < -0.3 is 9.63 Å². The fourth-order valence-corrected chi connectivity index (χ4v) is 2.44. The number of H-pyrrole nitrogens is 1. The van der Waals surface area contributed by atoms with Crippen LogP contribution in [-0.2, 0) is 19.4 Å². The predicted molar refractivity (Wildman–Crippen MR) is 45.5 cm³/mol. The fourth-order valence-electron chi connectivity index (χ4n) is 1.30. The van der Waals surface area contributed by atoms with Crippen LogP contribution >= 0.6 is 7.60 Å². The van der Waals surface area contributed by atoms with Crippen molar-refractivity contribution in [1.29, 1.82) is 0 Å². The van der Waals surface area contributed by atoms with Gasteiger partial charge in [-0.25, -0.2) is 4.98 Å². The molecule has 1 fully saturated rings. The Kier molecular flexibility index (Phi) is 2.19. The molecule has 2 heterocycles. The zero-order valence-electron chi connectivity index (χ0n) is 7.51. The van der Waals surface area contributed by atoms with E-state index < -0.39 is 13.2 Å². The monoisotopic (exact) mass is 219 g/mol. The van der Waals surface area contributed by atoms with Gasteiger partial charge in [-0.3, -0.25) is 14.2 Å². The zero-order chi connectivity index (χ0) is 10.2. The summed E-state index contributed by atoms with van der Waals surface area (Å²) in [5, 5.41) is 6.23. The molecule has 2 rings (SSSR count). The number of nitrogens with one attached hydrogen (secondary N) is 1. The second kappa shape index (κ2) is 3.13. The molecule has 7 nitrogen and oxygen atoms in total. The number of ether oxygens (including phenoxy) is 1. The molecule has 78 valence electrons. The Morgan fingerprint density at radius 3 is 3.14 bits per heavy atom. The van der Waals surface area contributed by atoms with Crippen molar-refractivity contribution < 1.29 is 18.7 Å². The Morgan fingerprint density at radius 1 is 1.79 bits per heavy atom. The van der Waals surface area contributed by atoms with Crippen LogP contribution in [-0.4, -0.2) is 33.0 Å². The molecule has 14 heavy (non-hydrogen) atoms. The molecule has 0 bridgehead atoms. The molecule has 0 saturated carbocycles. The van der Waals surface area contributed by atoms with Crippen LogP contribution in [0.2, 0.25) is 0 Å². The third-order valence-corrected chi connectivity index (χ3v) is 3.09. The van der Waals surface area contributed by atoms with E-state index in [4.69, 9.17) is 9.26 Å². The number of rotatable bonds is 1. The van der Waals surface area contributed by atoms with Gasteiger partial charge in [-0.05, 0) is 6.92 Å². The first-order valence-corrected chi connectivity index (χ1v) is 5.74. The minimum Gasteiger partial charge on any atom is -0.365 e. The SMILES string of the molecule is CC1(c2ncn[nH]2)COCP(=O)(O)O1. The predicted octanol–water partition coefficient (Wildman–Crippen LogP) is 0.210. The number of aromatic amines is 1. The first kappa shape index (κ1) is 9.79. The summed E-state index contributed by atoms with van der Waals surface area (Å²) in [5.74, 6) is 0.381. The van der Waals surface area contributed by atoms with Crippen LogP contribution in [0, 0.1) is 0 Å². The van der Waals surface area contributed by atoms with E-state index in [0.29, 0.717) is 5.82 Å². The number of aromatic nitrogens is 3. The minimum absolute atomic E-state index is 0.173. The average Bonchev–Trinajstić information content (AvgIpc) is 2.52. The average molecular weight is 219 g/mol. The summed E-state index contributed by atoms with van der Waals surface area (Å²) >= 11 is 0. The summed E-state index contributed by atoms with van der Waals surface area (Å²) < 4.78 is 21.3. The molecule has 0 amide bonds. The van der Waals surface area contributed by atoms with Gasteiger partial charge in [-0.1, -0.05) is 0 Å². The lowest BCUT2D eigenvalue weighted by Gasteiger charge is -2.33. The normalized spacial score (nSPS) is 38.4. The van der Waals surface area contributed by atoms with Crippen LogP contribution < -0.4 is 0 Å². The lowest BCUT2D eigenvalue weighted by Crippen LogP contribution is -2.36. The van der Waals surface area contributed by atoms with E-state index >= 15 is 0 Å². The van der Waals surface area contributed by atoms with E-state index in [-0.39, 0.29) is 13.0 Å². The van der Waals surface area contributed by atoms with Crippen LogP contribution in [0.3, 0.4) is 0 Å². The van der Waals surface area contributed by atoms with Crippen LogP contribution in [0.1, 0.15) is 12.7 Å². The molecule has 0 aromatic carbocycles. The maximum atomic E-state index is 11.3. The second-order valence-electron chi connectivity index (χ2n) is 3.27. The van der Waals surface area contributed by atoms with E-state index in [0.717, 1.165) is 0 Å². The van der Waals surface area contributed by atoms with Crippen molar-refractivity contribution in [3.05, 3.63) is 12.2 Å². The maximum Gasteiger partial charge on any atom is 0.354 e. The highest BCUT2D eigenvalue weighted by Crippen LogP contribution is 2.51. The highest BCUT2D eigenvalue weighted by Gasteiger charge is 2.43. The first-order chi connectivity index (χ1) is 6.52. The maximum absolute atomic E-state index is 11.3. The highest BCUT2D eigenvalue weighted by atomic mass is 31.2. The molecule has 0 aliphatic carbocycles. The molecular formula is C6H10N3O4P. The van der Waals surface area contributed by atoms with E-state index in [1.54, 1.807) is 6.92 Å². The first-order valence-electron chi connectivity index (χ1n) is 3.98. The molecular weight excluding hydrogens is 209 g/mol. The van der Waals surface area contributed by atoms with Crippen molar-refractivity contribution >= 4 is 7.60 Å². The number of nitrogens with zero attached hydrogens (tertiary/aromatic N) is 2. The van der Waals surface area contributed by atoms with Crippen molar-refractivity contribution in [3.8, 4) is 0 Å². The molecule has 1 aromatic rings. The molecule has 0 radical (unpaired) electrons. The van der Waals surface area contributed by atoms with Crippen LogP contribution in [0.5, 0.6) is 0 Å².